The summed E-state index contributed by atoms with van der Waals surface area (Å²) >= 11 is 0. The highest BCUT2D eigenvalue weighted by atomic mass is 16.5. The molecule has 0 fully saturated rings. The van der Waals surface area contributed by atoms with Crippen molar-refractivity contribution in [3.8, 4) is 56.4 Å². The molecule has 0 atom stereocenters. The first kappa shape index (κ1) is 43.5. The molecule has 0 aliphatic heterocycles. The average Bonchev–Trinajstić information content (AvgIpc) is 3.46. The molecule has 0 saturated carbocycles. The fraction of sp³-hybridized carbons (Fsp3) is 0.0286. The number of rotatable bonds is 9. The Kier molecular flexibility index (Phi) is 10.4. The van der Waals surface area contributed by atoms with Gasteiger partial charge in [-0.05, 0) is 157 Å². The second-order valence-corrected chi connectivity index (χ2v) is 19.2. The SMILES string of the molecule is OCc1ccc(Oc2ccc3cc(-c4cc5ccccc5c5ccccc45)ccc3c2-c2c(Oc3ccc(CO)c4ccccc34)ccc3cc(-c4cc5ccccc5c5ccccc45)ccc23)c2ccccc12. The Balaban J connectivity index is 1.04. The molecule has 0 aliphatic rings. The van der Waals surface area contributed by atoms with Crippen molar-refractivity contribution < 1.29 is 19.7 Å². The molecule has 0 radical (unpaired) electrons. The Hall–Kier alpha value is -9.32. The lowest BCUT2D eigenvalue weighted by molar-refractivity contribution is 0.283. The normalized spacial score (nSPS) is 11.8. The maximum absolute atomic E-state index is 10.4. The van der Waals surface area contributed by atoms with Crippen LogP contribution in [0, 0.1) is 0 Å². The predicted octanol–water partition coefficient (Wildman–Crippen LogP) is 18.5. The molecule has 0 amide bonds. The van der Waals surface area contributed by atoms with Crippen molar-refractivity contribution in [3.63, 3.8) is 0 Å². The van der Waals surface area contributed by atoms with E-state index >= 15 is 0 Å². The number of fused-ring (bicyclic) bond motifs is 10. The minimum absolute atomic E-state index is 0.0848. The maximum atomic E-state index is 10.4. The molecular weight excluding hydrogens is 905 g/mol. The van der Waals surface area contributed by atoms with Gasteiger partial charge in [-0.25, -0.2) is 0 Å². The second kappa shape index (κ2) is 17.8. The zero-order valence-electron chi connectivity index (χ0n) is 40.2. The van der Waals surface area contributed by atoms with Crippen LogP contribution in [0.2, 0.25) is 0 Å². The van der Waals surface area contributed by atoms with E-state index in [1.807, 2.05) is 60.7 Å². The van der Waals surface area contributed by atoms with Crippen LogP contribution in [0.15, 0.2) is 243 Å². The number of hydrogen-bond acceptors (Lipinski definition) is 4. The van der Waals surface area contributed by atoms with Crippen LogP contribution < -0.4 is 9.47 Å². The highest BCUT2D eigenvalue weighted by Gasteiger charge is 2.23. The standard InChI is InChI=1S/C70H46O4/c71-41-49-29-33-65(61-23-11-5-17-53(49)61)73-67-35-27-45-37-47(63-39-43-13-1-3-15-51(43)57-19-7-9-21-59(57)63)25-31-55(45)69(67)70-56-32-26-48(64-40-44-14-2-4-16-52(44)58-20-8-10-22-60(58)64)38-46(56)28-36-68(70)74-66-34-30-50(42-72)54-18-6-12-24-62(54)66/h1-40,71-72H,41-42H2. The largest absolute Gasteiger partial charge is 0.456 e. The van der Waals surface area contributed by atoms with Gasteiger partial charge in [0.15, 0.2) is 0 Å². The van der Waals surface area contributed by atoms with Crippen LogP contribution in [0.1, 0.15) is 11.1 Å². The van der Waals surface area contributed by atoms with Crippen molar-refractivity contribution in [3.05, 3.63) is 254 Å². The van der Waals surface area contributed by atoms with E-state index in [0.717, 1.165) is 76.5 Å². The van der Waals surface area contributed by atoms with E-state index in [0.29, 0.717) is 23.0 Å². The lowest BCUT2D eigenvalue weighted by Gasteiger charge is -2.22. The van der Waals surface area contributed by atoms with Gasteiger partial charge in [-0.1, -0.05) is 194 Å². The van der Waals surface area contributed by atoms with Crippen LogP contribution in [-0.4, -0.2) is 10.2 Å². The van der Waals surface area contributed by atoms with E-state index in [-0.39, 0.29) is 13.2 Å². The average molecular weight is 951 g/mol. The number of aliphatic hydroxyl groups excluding tert-OH is 2. The number of hydrogen-bond donors (Lipinski definition) is 2. The summed E-state index contributed by atoms with van der Waals surface area (Å²) in [6.07, 6.45) is 0. The zero-order valence-corrected chi connectivity index (χ0v) is 40.2. The van der Waals surface area contributed by atoms with E-state index in [4.69, 9.17) is 9.47 Å². The highest BCUT2D eigenvalue weighted by molar-refractivity contribution is 6.17. The summed E-state index contributed by atoms with van der Waals surface area (Å²) in [5, 5.41) is 38.3. The van der Waals surface area contributed by atoms with Crippen LogP contribution in [0.3, 0.4) is 0 Å². The third-order valence-corrected chi connectivity index (χ3v) is 15.1. The number of ether oxygens (including phenoxy) is 2. The van der Waals surface area contributed by atoms with Crippen molar-refractivity contribution in [2.24, 2.45) is 0 Å². The summed E-state index contributed by atoms with van der Waals surface area (Å²) < 4.78 is 14.6. The van der Waals surface area contributed by atoms with Crippen molar-refractivity contribution >= 4 is 86.2 Å². The molecule has 0 bridgehead atoms. The molecule has 0 aliphatic carbocycles. The molecule has 0 spiro atoms. The monoisotopic (exact) mass is 950 g/mol. The van der Waals surface area contributed by atoms with Crippen LogP contribution in [0.5, 0.6) is 23.0 Å². The van der Waals surface area contributed by atoms with Gasteiger partial charge < -0.3 is 19.7 Å². The fourth-order valence-corrected chi connectivity index (χ4v) is 11.6. The zero-order chi connectivity index (χ0) is 49.3. The number of aliphatic hydroxyl groups is 2. The maximum Gasteiger partial charge on any atom is 0.136 e. The molecule has 4 heteroatoms. The molecule has 14 aromatic carbocycles. The summed E-state index contributed by atoms with van der Waals surface area (Å²) in [6, 6.07) is 85.4. The van der Waals surface area contributed by atoms with E-state index in [9.17, 15) is 10.2 Å². The van der Waals surface area contributed by atoms with Gasteiger partial charge in [-0.15, -0.1) is 0 Å². The molecule has 0 heterocycles. The predicted molar refractivity (Wildman–Crippen MR) is 308 cm³/mol. The van der Waals surface area contributed by atoms with Crippen LogP contribution in [-0.2, 0) is 13.2 Å². The van der Waals surface area contributed by atoms with Gasteiger partial charge in [0.05, 0.1) is 13.2 Å². The van der Waals surface area contributed by atoms with Crippen molar-refractivity contribution in [1.29, 1.82) is 0 Å². The third kappa shape index (κ3) is 7.15. The highest BCUT2D eigenvalue weighted by Crippen LogP contribution is 2.51. The summed E-state index contributed by atoms with van der Waals surface area (Å²) in [6.45, 7) is -0.170. The molecule has 0 unspecified atom stereocenters. The number of benzene rings is 14. The molecular formula is C70H46O4. The first-order chi connectivity index (χ1) is 36.6. The van der Waals surface area contributed by atoms with Gasteiger partial charge in [-0.2, -0.15) is 0 Å². The Morgan fingerprint density at radius 3 is 1.00 bits per heavy atom. The molecule has 14 rings (SSSR count). The lowest BCUT2D eigenvalue weighted by atomic mass is 9.88. The quantitative estimate of drug-likeness (QED) is 0.142. The third-order valence-electron chi connectivity index (χ3n) is 15.1. The fourth-order valence-electron chi connectivity index (χ4n) is 11.6. The van der Waals surface area contributed by atoms with E-state index in [2.05, 4.69) is 182 Å². The van der Waals surface area contributed by atoms with E-state index in [1.54, 1.807) is 0 Å². The first-order valence-electron chi connectivity index (χ1n) is 25.1. The first-order valence-corrected chi connectivity index (χ1v) is 25.1. The van der Waals surface area contributed by atoms with Crippen molar-refractivity contribution in [2.75, 3.05) is 0 Å². The Morgan fingerprint density at radius 2 is 0.581 bits per heavy atom. The Labute approximate surface area is 427 Å². The summed E-state index contributed by atoms with van der Waals surface area (Å²) in [7, 11) is 0. The molecule has 74 heavy (non-hydrogen) atoms. The minimum Gasteiger partial charge on any atom is -0.456 e. The molecule has 4 nitrogen and oxygen atoms in total. The van der Waals surface area contributed by atoms with Gasteiger partial charge in [-0.3, -0.25) is 0 Å². The topological polar surface area (TPSA) is 58.9 Å². The van der Waals surface area contributed by atoms with Crippen LogP contribution in [0.4, 0.5) is 0 Å². The summed E-state index contributed by atoms with van der Waals surface area (Å²) in [5.74, 6) is 2.67. The van der Waals surface area contributed by atoms with Gasteiger partial charge in [0.25, 0.3) is 0 Å². The van der Waals surface area contributed by atoms with Crippen molar-refractivity contribution in [2.45, 2.75) is 13.2 Å². The Bertz CT molecular complexity index is 4300. The smallest absolute Gasteiger partial charge is 0.136 e. The molecule has 350 valence electrons. The minimum atomic E-state index is -0.0848. The van der Waals surface area contributed by atoms with Gasteiger partial charge >= 0.3 is 0 Å². The van der Waals surface area contributed by atoms with E-state index in [1.165, 1.54) is 54.2 Å². The molecule has 14 aromatic rings. The summed E-state index contributed by atoms with van der Waals surface area (Å²) in [5.41, 5.74) is 7.99. The van der Waals surface area contributed by atoms with E-state index < -0.39 is 0 Å². The van der Waals surface area contributed by atoms with Gasteiger partial charge in [0.2, 0.25) is 0 Å². The molecule has 2 N–H and O–H groups in total. The molecule has 0 saturated heterocycles. The van der Waals surface area contributed by atoms with Crippen LogP contribution in [0.25, 0.3) is 120 Å². The summed E-state index contributed by atoms with van der Waals surface area (Å²) in [4.78, 5) is 0. The van der Waals surface area contributed by atoms with Gasteiger partial charge in [0, 0.05) is 21.9 Å². The van der Waals surface area contributed by atoms with Crippen LogP contribution >= 0.6 is 0 Å². The Morgan fingerprint density at radius 1 is 0.243 bits per heavy atom. The van der Waals surface area contributed by atoms with Gasteiger partial charge in [0.1, 0.15) is 23.0 Å². The lowest BCUT2D eigenvalue weighted by Crippen LogP contribution is -1.97. The van der Waals surface area contributed by atoms with Crippen molar-refractivity contribution in [1.82, 2.24) is 0 Å². The second-order valence-electron chi connectivity index (χ2n) is 19.2. The molecule has 0 aromatic heterocycles.